The molecule has 31 heavy (non-hydrogen) atoms. The number of aliphatic hydroxyl groups is 1. The summed E-state index contributed by atoms with van der Waals surface area (Å²) >= 11 is 0. The van der Waals surface area contributed by atoms with E-state index in [4.69, 9.17) is 0 Å². The van der Waals surface area contributed by atoms with Crippen molar-refractivity contribution in [3.63, 3.8) is 0 Å². The molecule has 168 valence electrons. The van der Waals surface area contributed by atoms with E-state index in [1.54, 1.807) is 12.1 Å². The summed E-state index contributed by atoms with van der Waals surface area (Å²) in [5.41, 5.74) is 1.62. The molecule has 2 aromatic carbocycles. The Bertz CT molecular complexity index is 863. The van der Waals surface area contributed by atoms with E-state index in [0.29, 0.717) is 18.5 Å². The summed E-state index contributed by atoms with van der Waals surface area (Å²) < 4.78 is 0. The monoisotopic (exact) mass is 447 g/mol. The van der Waals surface area contributed by atoms with Gasteiger partial charge in [0.2, 0.25) is 5.91 Å². The second-order valence-corrected chi connectivity index (χ2v) is 7.91. The number of hydrogen-bond donors (Lipinski definition) is 1. The number of nitro benzene ring substituents is 1. The van der Waals surface area contributed by atoms with Gasteiger partial charge in [-0.05, 0) is 42.2 Å². The lowest BCUT2D eigenvalue weighted by atomic mass is 9.91. The van der Waals surface area contributed by atoms with Gasteiger partial charge < -0.3 is 10.0 Å². The summed E-state index contributed by atoms with van der Waals surface area (Å²) in [4.78, 5) is 27.2. The number of β-amino-alcohol motifs (C(OH)–C–C–N with tert-alkyl or cyclic N) is 1. The number of carbonyl (C=O) groups excluding carboxylic acids is 1. The van der Waals surface area contributed by atoms with E-state index in [9.17, 15) is 20.0 Å². The van der Waals surface area contributed by atoms with Crippen LogP contribution in [-0.4, -0.2) is 46.5 Å². The molecule has 3 rings (SSSR count). The van der Waals surface area contributed by atoms with Gasteiger partial charge in [-0.1, -0.05) is 32.0 Å². The van der Waals surface area contributed by atoms with Gasteiger partial charge in [-0.25, -0.2) is 0 Å². The van der Waals surface area contributed by atoms with E-state index in [0.717, 1.165) is 25.2 Å². The fourth-order valence-electron chi connectivity index (χ4n) is 4.22. The molecule has 8 heteroatoms. The summed E-state index contributed by atoms with van der Waals surface area (Å²) in [6.45, 7) is 6.04. The molecule has 0 spiro atoms. The molecule has 1 amide bonds. The summed E-state index contributed by atoms with van der Waals surface area (Å²) in [5.74, 6) is 0.371. The lowest BCUT2D eigenvalue weighted by molar-refractivity contribution is -0.384. The number of amides is 1. The first-order valence-corrected chi connectivity index (χ1v) is 10.4. The van der Waals surface area contributed by atoms with Crippen molar-refractivity contribution >= 4 is 29.7 Å². The summed E-state index contributed by atoms with van der Waals surface area (Å²) in [6, 6.07) is 16.0. The van der Waals surface area contributed by atoms with Crippen molar-refractivity contribution in [1.82, 2.24) is 4.90 Å². The predicted octanol–water partition coefficient (Wildman–Crippen LogP) is 4.20. The van der Waals surface area contributed by atoms with Crippen molar-refractivity contribution < 1.29 is 14.8 Å². The number of aliphatic hydroxyl groups excluding tert-OH is 1. The maximum atomic E-state index is 12.7. The number of nitro groups is 1. The van der Waals surface area contributed by atoms with Crippen molar-refractivity contribution in [3.8, 4) is 0 Å². The van der Waals surface area contributed by atoms with Crippen LogP contribution < -0.4 is 4.90 Å². The van der Waals surface area contributed by atoms with Crippen LogP contribution in [-0.2, 0) is 4.79 Å². The van der Waals surface area contributed by atoms with Gasteiger partial charge in [-0.3, -0.25) is 19.8 Å². The zero-order chi connectivity index (χ0) is 21.7. The van der Waals surface area contributed by atoms with Crippen LogP contribution >= 0.6 is 12.4 Å². The van der Waals surface area contributed by atoms with Crippen molar-refractivity contribution in [3.05, 3.63) is 70.3 Å². The van der Waals surface area contributed by atoms with Gasteiger partial charge in [0.1, 0.15) is 0 Å². The Balaban J connectivity index is 0.00000341. The van der Waals surface area contributed by atoms with Gasteiger partial charge in [0, 0.05) is 49.9 Å². The van der Waals surface area contributed by atoms with Crippen molar-refractivity contribution in [2.24, 2.45) is 5.92 Å². The number of likely N-dealkylation sites (tertiary alicyclic amines) is 1. The maximum absolute atomic E-state index is 12.7. The Hall–Kier alpha value is -2.48. The molecule has 0 bridgehead atoms. The number of hydrogen-bond acceptors (Lipinski definition) is 5. The van der Waals surface area contributed by atoms with Gasteiger partial charge >= 0.3 is 0 Å². The fourth-order valence-corrected chi connectivity index (χ4v) is 4.22. The second kappa shape index (κ2) is 11.2. The Morgan fingerprint density at radius 3 is 2.42 bits per heavy atom. The highest BCUT2D eigenvalue weighted by Gasteiger charge is 2.34. The number of nitrogens with zero attached hydrogens (tertiary/aromatic N) is 3. The minimum atomic E-state index is -0.711. The Morgan fingerprint density at radius 1 is 1.23 bits per heavy atom. The third-order valence-corrected chi connectivity index (χ3v) is 5.80. The quantitative estimate of drug-likeness (QED) is 0.507. The number of para-hydroxylation sites is 1. The Kier molecular flexibility index (Phi) is 8.98. The van der Waals surface area contributed by atoms with E-state index in [1.165, 1.54) is 12.1 Å². The number of anilines is 1. The zero-order valence-corrected chi connectivity index (χ0v) is 18.7. The lowest BCUT2D eigenvalue weighted by Gasteiger charge is -2.43. The normalized spacial score (nSPS) is 19.8. The maximum Gasteiger partial charge on any atom is 0.269 e. The number of benzene rings is 2. The topological polar surface area (TPSA) is 86.9 Å². The Morgan fingerprint density at radius 2 is 1.87 bits per heavy atom. The molecule has 0 radical (unpaired) electrons. The summed E-state index contributed by atoms with van der Waals surface area (Å²) in [7, 11) is 0. The highest BCUT2D eigenvalue weighted by molar-refractivity contribution is 5.93. The molecule has 3 unspecified atom stereocenters. The highest BCUT2D eigenvalue weighted by atomic mass is 35.5. The van der Waals surface area contributed by atoms with E-state index in [2.05, 4.69) is 11.8 Å². The molecule has 2 aromatic rings. The lowest BCUT2D eigenvalue weighted by Crippen LogP contribution is -2.52. The molecule has 1 aliphatic heterocycles. The zero-order valence-electron chi connectivity index (χ0n) is 17.9. The third kappa shape index (κ3) is 6.03. The first-order valence-electron chi connectivity index (χ1n) is 10.4. The smallest absolute Gasteiger partial charge is 0.269 e. The van der Waals surface area contributed by atoms with Crippen LogP contribution in [0.25, 0.3) is 0 Å². The van der Waals surface area contributed by atoms with Gasteiger partial charge in [0.25, 0.3) is 5.69 Å². The van der Waals surface area contributed by atoms with E-state index >= 15 is 0 Å². The number of carbonyl (C=O) groups is 1. The van der Waals surface area contributed by atoms with Crippen LogP contribution in [0.15, 0.2) is 54.6 Å². The molecule has 0 aliphatic carbocycles. The van der Waals surface area contributed by atoms with Crippen LogP contribution in [0.2, 0.25) is 0 Å². The number of piperidine rings is 1. The third-order valence-electron chi connectivity index (χ3n) is 5.80. The largest absolute Gasteiger partial charge is 0.387 e. The molecule has 1 N–H and O–H groups in total. The van der Waals surface area contributed by atoms with Crippen molar-refractivity contribution in [2.45, 2.75) is 38.8 Å². The van der Waals surface area contributed by atoms with Crippen LogP contribution in [0.1, 0.15) is 38.4 Å². The molecule has 1 aliphatic rings. The molecular weight excluding hydrogens is 418 g/mol. The van der Waals surface area contributed by atoms with E-state index in [-0.39, 0.29) is 36.0 Å². The Labute approximate surface area is 189 Å². The van der Waals surface area contributed by atoms with Crippen LogP contribution in [0.5, 0.6) is 0 Å². The average molecular weight is 448 g/mol. The van der Waals surface area contributed by atoms with Gasteiger partial charge in [0.05, 0.1) is 11.0 Å². The molecule has 0 saturated carbocycles. The average Bonchev–Trinajstić information content (AvgIpc) is 2.76. The van der Waals surface area contributed by atoms with Crippen molar-refractivity contribution in [2.75, 3.05) is 24.5 Å². The fraction of sp³-hybridized carbons (Fsp3) is 0.435. The van der Waals surface area contributed by atoms with Crippen LogP contribution in [0.3, 0.4) is 0 Å². The van der Waals surface area contributed by atoms with E-state index in [1.807, 2.05) is 42.2 Å². The summed E-state index contributed by atoms with van der Waals surface area (Å²) in [5, 5.41) is 21.4. The second-order valence-electron chi connectivity index (χ2n) is 7.91. The SMILES string of the molecule is CCC(=O)N(c1ccccc1)C1CCN(CC(O)c2ccc([N+](=O)[O-])cc2)CC1C.Cl. The molecule has 3 atom stereocenters. The van der Waals surface area contributed by atoms with E-state index < -0.39 is 11.0 Å². The highest BCUT2D eigenvalue weighted by Crippen LogP contribution is 2.29. The number of halogens is 1. The first-order chi connectivity index (χ1) is 14.4. The molecule has 1 saturated heterocycles. The van der Waals surface area contributed by atoms with Gasteiger partial charge in [-0.2, -0.15) is 0 Å². The van der Waals surface area contributed by atoms with Crippen molar-refractivity contribution in [1.29, 1.82) is 0 Å². The van der Waals surface area contributed by atoms with Crippen LogP contribution in [0.4, 0.5) is 11.4 Å². The first kappa shape index (κ1) is 24.8. The van der Waals surface area contributed by atoms with Crippen LogP contribution in [0, 0.1) is 16.0 Å². The molecule has 0 aromatic heterocycles. The molecular formula is C23H30ClN3O4. The minimum Gasteiger partial charge on any atom is -0.387 e. The predicted molar refractivity (Wildman–Crippen MR) is 124 cm³/mol. The minimum absolute atomic E-state index is 0. The number of rotatable bonds is 7. The standard InChI is InChI=1S/C23H29N3O4.ClH/c1-3-23(28)25(19-7-5-4-6-8-19)21-13-14-24(15-17(21)2)16-22(27)18-9-11-20(12-10-18)26(29)30;/h4-12,17,21-22,27H,3,13-16H2,1-2H3;1H. The summed E-state index contributed by atoms with van der Waals surface area (Å²) in [6.07, 6.45) is 0.576. The van der Waals surface area contributed by atoms with Gasteiger partial charge in [0.15, 0.2) is 0 Å². The van der Waals surface area contributed by atoms with Gasteiger partial charge in [-0.15, -0.1) is 12.4 Å². The molecule has 7 nitrogen and oxygen atoms in total. The number of non-ortho nitro benzene ring substituents is 1. The molecule has 1 heterocycles. The molecule has 1 fully saturated rings.